The number of ether oxygens (including phenoxy) is 1. The summed E-state index contributed by atoms with van der Waals surface area (Å²) in [5.74, 6) is 0.0613. The second-order valence-corrected chi connectivity index (χ2v) is 5.90. The fraction of sp³-hybridized carbons (Fsp3) is 0.278. The van der Waals surface area contributed by atoms with Gasteiger partial charge in [0.15, 0.2) is 6.10 Å². The van der Waals surface area contributed by atoms with Gasteiger partial charge in [-0.3, -0.25) is 4.79 Å². The fourth-order valence-corrected chi connectivity index (χ4v) is 2.26. The number of carbonyl (C=O) groups is 1. The van der Waals surface area contributed by atoms with E-state index in [1.807, 2.05) is 6.92 Å². The average molecular weight is 372 g/mol. The summed E-state index contributed by atoms with van der Waals surface area (Å²) in [7, 11) is 0. The monoisotopic (exact) mass is 371 g/mol. The number of benzene rings is 2. The number of aryl methyl sites for hydroxylation is 1. The Balaban J connectivity index is 2.05. The molecule has 0 aliphatic heterocycles. The Kier molecular flexibility index (Phi) is 5.95. The van der Waals surface area contributed by atoms with Gasteiger partial charge in [0.1, 0.15) is 5.75 Å². The Morgan fingerprint density at radius 3 is 2.36 bits per heavy atom. The quantitative estimate of drug-likeness (QED) is 0.757. The van der Waals surface area contributed by atoms with Crippen molar-refractivity contribution in [3.05, 3.63) is 58.6 Å². The van der Waals surface area contributed by atoms with E-state index < -0.39 is 23.8 Å². The molecule has 0 radical (unpaired) electrons. The van der Waals surface area contributed by atoms with Gasteiger partial charge < -0.3 is 10.1 Å². The van der Waals surface area contributed by atoms with Crippen LogP contribution in [0, 0.1) is 6.92 Å². The van der Waals surface area contributed by atoms with Crippen LogP contribution in [0.1, 0.15) is 24.5 Å². The van der Waals surface area contributed by atoms with E-state index in [0.29, 0.717) is 17.2 Å². The minimum atomic E-state index is -4.41. The van der Waals surface area contributed by atoms with E-state index in [0.717, 1.165) is 17.7 Å². The lowest BCUT2D eigenvalue weighted by molar-refractivity contribution is -0.137. The SMILES string of the molecule is CC[C@H](Oc1ccc(Cl)c(C)c1)C(=O)Nc1ccc(C(F)(F)F)cc1. The predicted octanol–water partition coefficient (Wildman–Crippen LogP) is 5.46. The Morgan fingerprint density at radius 1 is 1.20 bits per heavy atom. The van der Waals surface area contributed by atoms with Crippen LogP contribution in [0.4, 0.5) is 18.9 Å². The zero-order valence-electron chi connectivity index (χ0n) is 13.7. The maximum atomic E-state index is 12.6. The molecular weight excluding hydrogens is 355 g/mol. The molecule has 0 fully saturated rings. The fourth-order valence-electron chi connectivity index (χ4n) is 2.14. The number of hydrogen-bond acceptors (Lipinski definition) is 2. The van der Waals surface area contributed by atoms with Crippen LogP contribution in [0.2, 0.25) is 5.02 Å². The van der Waals surface area contributed by atoms with Crippen molar-refractivity contribution >= 4 is 23.2 Å². The molecule has 2 aromatic carbocycles. The lowest BCUT2D eigenvalue weighted by Gasteiger charge is -2.18. The van der Waals surface area contributed by atoms with E-state index in [1.54, 1.807) is 25.1 Å². The van der Waals surface area contributed by atoms with Crippen LogP contribution in [-0.4, -0.2) is 12.0 Å². The predicted molar refractivity (Wildman–Crippen MR) is 91.0 cm³/mol. The molecule has 0 aromatic heterocycles. The molecule has 3 nitrogen and oxygen atoms in total. The van der Waals surface area contributed by atoms with Crippen molar-refractivity contribution in [2.45, 2.75) is 32.5 Å². The molecule has 2 rings (SSSR count). The van der Waals surface area contributed by atoms with E-state index in [1.165, 1.54) is 12.1 Å². The molecule has 1 N–H and O–H groups in total. The van der Waals surface area contributed by atoms with Crippen molar-refractivity contribution < 1.29 is 22.7 Å². The van der Waals surface area contributed by atoms with Crippen molar-refractivity contribution in [1.82, 2.24) is 0 Å². The Morgan fingerprint density at radius 2 is 1.84 bits per heavy atom. The van der Waals surface area contributed by atoms with Gasteiger partial charge in [-0.05, 0) is 61.4 Å². The van der Waals surface area contributed by atoms with E-state index in [-0.39, 0.29) is 5.69 Å². The molecule has 0 saturated heterocycles. The maximum Gasteiger partial charge on any atom is 0.416 e. The van der Waals surface area contributed by atoms with Gasteiger partial charge in [0.05, 0.1) is 5.56 Å². The molecule has 134 valence electrons. The molecule has 0 saturated carbocycles. The van der Waals surface area contributed by atoms with E-state index in [2.05, 4.69) is 5.32 Å². The van der Waals surface area contributed by atoms with Gasteiger partial charge in [0.25, 0.3) is 5.91 Å². The number of carbonyl (C=O) groups excluding carboxylic acids is 1. The molecule has 7 heteroatoms. The average Bonchev–Trinajstić information content (AvgIpc) is 2.55. The smallest absolute Gasteiger partial charge is 0.416 e. The van der Waals surface area contributed by atoms with Crippen LogP contribution in [-0.2, 0) is 11.0 Å². The number of anilines is 1. The zero-order chi connectivity index (χ0) is 18.6. The number of alkyl halides is 3. The van der Waals surface area contributed by atoms with Crippen LogP contribution in [0.15, 0.2) is 42.5 Å². The van der Waals surface area contributed by atoms with Gasteiger partial charge in [0.2, 0.25) is 0 Å². The van der Waals surface area contributed by atoms with Gasteiger partial charge in [-0.25, -0.2) is 0 Å². The van der Waals surface area contributed by atoms with Crippen molar-refractivity contribution in [2.75, 3.05) is 5.32 Å². The second-order valence-electron chi connectivity index (χ2n) is 5.49. The number of nitrogens with one attached hydrogen (secondary N) is 1. The zero-order valence-corrected chi connectivity index (χ0v) is 14.4. The molecule has 2 aromatic rings. The lowest BCUT2D eigenvalue weighted by atomic mass is 10.2. The summed E-state index contributed by atoms with van der Waals surface area (Å²) in [5, 5.41) is 3.15. The topological polar surface area (TPSA) is 38.3 Å². The van der Waals surface area contributed by atoms with Crippen LogP contribution in [0.3, 0.4) is 0 Å². The summed E-state index contributed by atoms with van der Waals surface area (Å²) in [6.45, 7) is 3.60. The van der Waals surface area contributed by atoms with Crippen molar-refractivity contribution in [3.63, 3.8) is 0 Å². The first-order chi connectivity index (χ1) is 11.7. The number of amides is 1. The molecule has 0 bridgehead atoms. The molecule has 0 unspecified atom stereocenters. The minimum absolute atomic E-state index is 0.271. The first kappa shape index (κ1) is 19.1. The standard InChI is InChI=1S/C18H17ClF3NO2/c1-3-16(25-14-8-9-15(19)11(2)10-14)17(24)23-13-6-4-12(5-7-13)18(20,21)22/h4-10,16H,3H2,1-2H3,(H,23,24)/t16-/m0/s1. The molecule has 1 amide bonds. The molecule has 0 aliphatic carbocycles. The Bertz CT molecular complexity index is 745. The second kappa shape index (κ2) is 7.78. The highest BCUT2D eigenvalue weighted by Gasteiger charge is 2.30. The molecule has 0 aliphatic rings. The maximum absolute atomic E-state index is 12.6. The third-order valence-electron chi connectivity index (χ3n) is 3.55. The summed E-state index contributed by atoms with van der Waals surface area (Å²) in [4.78, 5) is 12.3. The molecule has 25 heavy (non-hydrogen) atoms. The van der Waals surface area contributed by atoms with Gasteiger partial charge in [-0.2, -0.15) is 13.2 Å². The first-order valence-electron chi connectivity index (χ1n) is 7.61. The van der Waals surface area contributed by atoms with Gasteiger partial charge in [0, 0.05) is 10.7 Å². The summed E-state index contributed by atoms with van der Waals surface area (Å²) in [5.41, 5.74) is 0.315. The van der Waals surface area contributed by atoms with E-state index in [9.17, 15) is 18.0 Å². The van der Waals surface area contributed by atoms with Crippen molar-refractivity contribution in [1.29, 1.82) is 0 Å². The highest BCUT2D eigenvalue weighted by atomic mass is 35.5. The number of halogens is 4. The third-order valence-corrected chi connectivity index (χ3v) is 3.97. The van der Waals surface area contributed by atoms with Gasteiger partial charge in [-0.15, -0.1) is 0 Å². The Labute approximate surface area is 148 Å². The summed E-state index contributed by atoms with van der Waals surface area (Å²) < 4.78 is 43.3. The summed E-state index contributed by atoms with van der Waals surface area (Å²) >= 11 is 5.95. The highest BCUT2D eigenvalue weighted by Crippen LogP contribution is 2.30. The Hall–Kier alpha value is -2.21. The molecular formula is C18H17ClF3NO2. The van der Waals surface area contributed by atoms with E-state index in [4.69, 9.17) is 16.3 Å². The van der Waals surface area contributed by atoms with Crippen LogP contribution >= 0.6 is 11.6 Å². The highest BCUT2D eigenvalue weighted by molar-refractivity contribution is 6.31. The van der Waals surface area contributed by atoms with Gasteiger partial charge in [-0.1, -0.05) is 18.5 Å². The van der Waals surface area contributed by atoms with E-state index >= 15 is 0 Å². The summed E-state index contributed by atoms with van der Waals surface area (Å²) in [6.07, 6.45) is -4.79. The summed E-state index contributed by atoms with van der Waals surface area (Å²) in [6, 6.07) is 9.30. The van der Waals surface area contributed by atoms with Crippen LogP contribution in [0.25, 0.3) is 0 Å². The normalized spacial score (nSPS) is 12.6. The first-order valence-corrected chi connectivity index (χ1v) is 7.99. The minimum Gasteiger partial charge on any atom is -0.481 e. The molecule has 0 spiro atoms. The molecule has 1 atom stereocenters. The largest absolute Gasteiger partial charge is 0.481 e. The lowest BCUT2D eigenvalue weighted by Crippen LogP contribution is -2.32. The number of hydrogen-bond donors (Lipinski definition) is 1. The molecule has 0 heterocycles. The van der Waals surface area contributed by atoms with Crippen LogP contribution in [0.5, 0.6) is 5.75 Å². The van der Waals surface area contributed by atoms with Crippen molar-refractivity contribution in [3.8, 4) is 5.75 Å². The van der Waals surface area contributed by atoms with Crippen molar-refractivity contribution in [2.24, 2.45) is 0 Å². The third kappa shape index (κ3) is 5.13. The van der Waals surface area contributed by atoms with Gasteiger partial charge >= 0.3 is 6.18 Å². The number of rotatable bonds is 5. The van der Waals surface area contributed by atoms with Crippen LogP contribution < -0.4 is 10.1 Å².